The Hall–Kier alpha value is -2.24. The van der Waals surface area contributed by atoms with Crippen LogP contribution >= 0.6 is 23.2 Å². The van der Waals surface area contributed by atoms with Gasteiger partial charge in [0.15, 0.2) is 11.4 Å². The van der Waals surface area contributed by atoms with Gasteiger partial charge in [-0.05, 0) is 30.7 Å². The number of fused-ring (bicyclic) bond motifs is 1. The number of aromatic nitrogens is 2. The molecule has 3 rings (SSSR count). The lowest BCUT2D eigenvalue weighted by molar-refractivity contribution is -0.116. The predicted octanol–water partition coefficient (Wildman–Crippen LogP) is 4.77. The second-order valence-electron chi connectivity index (χ2n) is 5.90. The fourth-order valence-corrected chi connectivity index (χ4v) is 3.19. The quantitative estimate of drug-likeness (QED) is 0.629. The average molecular weight is 392 g/mol. The molecule has 0 saturated heterocycles. The number of imidazole rings is 1. The van der Waals surface area contributed by atoms with E-state index >= 15 is 0 Å². The Labute approximate surface area is 162 Å². The van der Waals surface area contributed by atoms with Crippen LogP contribution in [0.2, 0.25) is 10.0 Å². The van der Waals surface area contributed by atoms with E-state index in [9.17, 15) is 4.79 Å². The van der Waals surface area contributed by atoms with Crippen molar-refractivity contribution in [2.45, 2.75) is 26.9 Å². The van der Waals surface area contributed by atoms with Crippen molar-refractivity contribution in [3.05, 3.63) is 57.8 Å². The van der Waals surface area contributed by atoms with Gasteiger partial charge < -0.3 is 4.74 Å². The van der Waals surface area contributed by atoms with E-state index in [1.807, 2.05) is 35.7 Å². The smallest absolute Gasteiger partial charge is 0.224 e. The monoisotopic (exact) mass is 391 g/mol. The highest BCUT2D eigenvalue weighted by Crippen LogP contribution is 2.29. The number of anilines is 1. The molecule has 2 heterocycles. The summed E-state index contributed by atoms with van der Waals surface area (Å²) in [7, 11) is 1.74. The minimum absolute atomic E-state index is 0.0548. The molecule has 0 unspecified atom stereocenters. The summed E-state index contributed by atoms with van der Waals surface area (Å²) >= 11 is 12.1. The number of nitrogens with zero attached hydrogens (tertiary/aromatic N) is 3. The van der Waals surface area contributed by atoms with Crippen molar-refractivity contribution in [2.24, 2.45) is 0 Å². The first kappa shape index (κ1) is 18.5. The van der Waals surface area contributed by atoms with Crippen molar-refractivity contribution >= 4 is 40.6 Å². The van der Waals surface area contributed by atoms with Crippen molar-refractivity contribution in [3.8, 4) is 5.75 Å². The van der Waals surface area contributed by atoms with Crippen LogP contribution in [0.5, 0.6) is 5.75 Å². The highest BCUT2D eigenvalue weighted by Gasteiger charge is 2.19. The zero-order valence-corrected chi connectivity index (χ0v) is 16.3. The number of carbonyl (C=O) groups excluding carboxylic acids is 1. The molecular formula is C19H19Cl2N3O2. The van der Waals surface area contributed by atoms with Crippen LogP contribution in [-0.2, 0) is 17.8 Å². The van der Waals surface area contributed by atoms with Gasteiger partial charge in [-0.2, -0.15) is 0 Å². The molecule has 0 fully saturated rings. The molecule has 0 spiro atoms. The lowest BCUT2D eigenvalue weighted by Crippen LogP contribution is -2.25. The van der Waals surface area contributed by atoms with Crippen molar-refractivity contribution in [2.75, 3.05) is 11.9 Å². The Morgan fingerprint density at radius 2 is 2.08 bits per heavy atom. The van der Waals surface area contributed by atoms with Crippen LogP contribution < -0.4 is 9.64 Å². The Balaban J connectivity index is 1.98. The van der Waals surface area contributed by atoms with Gasteiger partial charge >= 0.3 is 0 Å². The Morgan fingerprint density at radius 3 is 2.73 bits per heavy atom. The molecule has 0 saturated carbocycles. The summed E-state index contributed by atoms with van der Waals surface area (Å²) in [5.74, 6) is 1.32. The highest BCUT2D eigenvalue weighted by atomic mass is 35.5. The second kappa shape index (κ2) is 7.56. The third-order valence-electron chi connectivity index (χ3n) is 4.18. The summed E-state index contributed by atoms with van der Waals surface area (Å²) in [6.45, 7) is 3.83. The Morgan fingerprint density at radius 1 is 1.31 bits per heavy atom. The standard InChI is InChI=1S/C19H19Cl2N3O2/c1-4-16-19(23(3)12(2)25)24-9-5-6-17(18(24)22-16)26-11-13-7-8-14(20)10-15(13)21/h5-10H,4,11H2,1-3H3. The lowest BCUT2D eigenvalue weighted by atomic mass is 10.2. The number of amides is 1. The van der Waals surface area contributed by atoms with E-state index in [4.69, 9.17) is 27.9 Å². The summed E-state index contributed by atoms with van der Waals surface area (Å²) in [5.41, 5.74) is 2.34. The third-order valence-corrected chi connectivity index (χ3v) is 4.77. The SMILES string of the molecule is CCc1nc2c(OCc3ccc(Cl)cc3Cl)cccn2c1N(C)C(C)=O. The maximum absolute atomic E-state index is 11.8. The van der Waals surface area contributed by atoms with Gasteiger partial charge in [-0.15, -0.1) is 0 Å². The summed E-state index contributed by atoms with van der Waals surface area (Å²) < 4.78 is 7.84. The number of benzene rings is 1. The largest absolute Gasteiger partial charge is 0.485 e. The van der Waals surface area contributed by atoms with Crippen LogP contribution in [-0.4, -0.2) is 22.3 Å². The maximum Gasteiger partial charge on any atom is 0.224 e. The number of halogens is 2. The Bertz CT molecular complexity index is 969. The van der Waals surface area contributed by atoms with Gasteiger partial charge in [-0.1, -0.05) is 36.2 Å². The van der Waals surface area contributed by atoms with E-state index in [2.05, 4.69) is 4.98 Å². The number of hydrogen-bond donors (Lipinski definition) is 0. The lowest BCUT2D eigenvalue weighted by Gasteiger charge is -2.16. The van der Waals surface area contributed by atoms with Gasteiger partial charge in [0, 0.05) is 35.8 Å². The molecule has 0 N–H and O–H groups in total. The van der Waals surface area contributed by atoms with E-state index in [1.165, 1.54) is 6.92 Å². The first-order chi connectivity index (χ1) is 12.4. The van der Waals surface area contributed by atoms with Gasteiger partial charge in [-0.25, -0.2) is 4.98 Å². The number of aryl methyl sites for hydroxylation is 1. The van der Waals surface area contributed by atoms with Gasteiger partial charge in [0.05, 0.1) is 5.69 Å². The highest BCUT2D eigenvalue weighted by molar-refractivity contribution is 6.35. The van der Waals surface area contributed by atoms with Gasteiger partial charge in [0.25, 0.3) is 0 Å². The van der Waals surface area contributed by atoms with E-state index in [1.54, 1.807) is 24.1 Å². The number of pyridine rings is 1. The number of carbonyl (C=O) groups is 1. The molecule has 136 valence electrons. The van der Waals surface area contributed by atoms with Crippen LogP contribution in [0.3, 0.4) is 0 Å². The van der Waals surface area contributed by atoms with Crippen LogP contribution in [0.25, 0.3) is 5.65 Å². The van der Waals surface area contributed by atoms with Crippen molar-refractivity contribution in [3.63, 3.8) is 0 Å². The van der Waals surface area contributed by atoms with Crippen LogP contribution in [0.4, 0.5) is 5.82 Å². The minimum atomic E-state index is -0.0548. The van der Waals surface area contributed by atoms with Crippen molar-refractivity contribution in [1.29, 1.82) is 0 Å². The molecule has 0 aliphatic rings. The summed E-state index contributed by atoms with van der Waals surface area (Å²) in [4.78, 5) is 18.1. The molecule has 26 heavy (non-hydrogen) atoms. The fourth-order valence-electron chi connectivity index (χ4n) is 2.73. The first-order valence-corrected chi connectivity index (χ1v) is 8.99. The maximum atomic E-state index is 11.8. The summed E-state index contributed by atoms with van der Waals surface area (Å²) in [5, 5.41) is 1.14. The minimum Gasteiger partial charge on any atom is -0.485 e. The van der Waals surface area contributed by atoms with Crippen molar-refractivity contribution in [1.82, 2.24) is 9.38 Å². The van der Waals surface area contributed by atoms with Crippen LogP contribution in [0.15, 0.2) is 36.5 Å². The molecule has 7 heteroatoms. The number of rotatable bonds is 5. The van der Waals surface area contributed by atoms with Gasteiger partial charge in [0.2, 0.25) is 5.91 Å². The predicted molar refractivity (Wildman–Crippen MR) is 104 cm³/mol. The first-order valence-electron chi connectivity index (χ1n) is 8.23. The molecule has 5 nitrogen and oxygen atoms in total. The number of ether oxygens (including phenoxy) is 1. The molecule has 1 amide bonds. The topological polar surface area (TPSA) is 46.8 Å². The van der Waals surface area contributed by atoms with Crippen LogP contribution in [0.1, 0.15) is 25.1 Å². The molecule has 0 atom stereocenters. The zero-order valence-electron chi connectivity index (χ0n) is 14.8. The molecule has 2 aromatic heterocycles. The second-order valence-corrected chi connectivity index (χ2v) is 6.75. The summed E-state index contributed by atoms with van der Waals surface area (Å²) in [6, 6.07) is 9.01. The normalized spacial score (nSPS) is 11.0. The zero-order chi connectivity index (χ0) is 18.8. The van der Waals surface area contributed by atoms with Gasteiger partial charge in [-0.3, -0.25) is 14.1 Å². The molecule has 0 radical (unpaired) electrons. The Kier molecular flexibility index (Phi) is 5.39. The summed E-state index contributed by atoms with van der Waals surface area (Å²) in [6.07, 6.45) is 2.58. The van der Waals surface area contributed by atoms with Crippen LogP contribution in [0, 0.1) is 0 Å². The van der Waals surface area contributed by atoms with E-state index in [0.717, 1.165) is 17.1 Å². The molecule has 1 aromatic carbocycles. The molecule has 0 aliphatic carbocycles. The van der Waals surface area contributed by atoms with E-state index < -0.39 is 0 Å². The molecule has 3 aromatic rings. The van der Waals surface area contributed by atoms with Gasteiger partial charge in [0.1, 0.15) is 12.4 Å². The fraction of sp³-hybridized carbons (Fsp3) is 0.263. The average Bonchev–Trinajstić information content (AvgIpc) is 2.99. The van der Waals surface area contributed by atoms with Crippen molar-refractivity contribution < 1.29 is 9.53 Å². The van der Waals surface area contributed by atoms with E-state index in [-0.39, 0.29) is 5.91 Å². The molecule has 0 bridgehead atoms. The van der Waals surface area contributed by atoms with E-state index in [0.29, 0.717) is 34.5 Å². The number of hydrogen-bond acceptors (Lipinski definition) is 3. The third kappa shape index (κ3) is 3.50. The molecular weight excluding hydrogens is 373 g/mol. The molecule has 0 aliphatic heterocycles.